The predicted octanol–water partition coefficient (Wildman–Crippen LogP) is 2.59. The van der Waals surface area contributed by atoms with Crippen LogP contribution in [0.25, 0.3) is 11.1 Å². The third kappa shape index (κ3) is 6.85. The van der Waals surface area contributed by atoms with Gasteiger partial charge in [0.05, 0.1) is 5.56 Å². The highest BCUT2D eigenvalue weighted by Crippen LogP contribution is 2.23. The van der Waals surface area contributed by atoms with Crippen molar-refractivity contribution in [2.45, 2.75) is 13.3 Å². The lowest BCUT2D eigenvalue weighted by Crippen LogP contribution is -2.30. The number of nitrogens with one attached hydrogen (secondary N) is 1. The Balaban J connectivity index is 1.86. The second-order valence-corrected chi connectivity index (χ2v) is 5.97. The first-order chi connectivity index (χ1) is 13.5. The molecule has 28 heavy (non-hydrogen) atoms. The Morgan fingerprint density at radius 2 is 1.54 bits per heavy atom. The highest BCUT2D eigenvalue weighted by molar-refractivity contribution is 5.91. The lowest BCUT2D eigenvalue weighted by atomic mass is 10.0. The van der Waals surface area contributed by atoms with Crippen molar-refractivity contribution in [3.63, 3.8) is 0 Å². The van der Waals surface area contributed by atoms with Crippen molar-refractivity contribution in [2.75, 3.05) is 26.9 Å². The van der Waals surface area contributed by atoms with Crippen LogP contribution in [-0.4, -0.2) is 44.7 Å². The van der Waals surface area contributed by atoms with E-state index in [0.717, 1.165) is 11.1 Å². The average Bonchev–Trinajstić information content (AvgIpc) is 2.70. The summed E-state index contributed by atoms with van der Waals surface area (Å²) in [5.41, 5.74) is 2.15. The van der Waals surface area contributed by atoms with Gasteiger partial charge in [0.25, 0.3) is 5.91 Å². The lowest BCUT2D eigenvalue weighted by molar-refractivity contribution is -0.131. The fraction of sp³-hybridized carbons (Fsp3) is 0.286. The van der Waals surface area contributed by atoms with E-state index in [1.54, 1.807) is 43.5 Å². The normalized spacial score (nSPS) is 10.2. The van der Waals surface area contributed by atoms with Crippen LogP contribution in [0.5, 0.6) is 5.75 Å². The van der Waals surface area contributed by atoms with Gasteiger partial charge in [-0.15, -0.1) is 0 Å². The zero-order valence-electron chi connectivity index (χ0n) is 15.9. The molecule has 7 heteroatoms. The van der Waals surface area contributed by atoms with Gasteiger partial charge in [0.1, 0.15) is 5.75 Å². The molecule has 0 unspecified atom stereocenters. The molecule has 1 N–H and O–H groups in total. The Hall–Kier alpha value is -3.19. The standard InChI is InChI=1S/C21H23NO6/c1-15(23)28-19-10-8-17(9-11-19)16-4-6-18(7-5-16)21(25)27-14-20(24)22-12-3-13-26-2/h4-11H,3,12-14H2,1-2H3,(H,22,24). The van der Waals surface area contributed by atoms with Gasteiger partial charge in [-0.3, -0.25) is 9.59 Å². The average molecular weight is 385 g/mol. The van der Waals surface area contributed by atoms with Gasteiger partial charge >= 0.3 is 11.9 Å². The van der Waals surface area contributed by atoms with Crippen LogP contribution in [0.15, 0.2) is 48.5 Å². The number of carbonyl (C=O) groups is 3. The topological polar surface area (TPSA) is 90.9 Å². The molecule has 0 fully saturated rings. The van der Waals surface area contributed by atoms with Crippen LogP contribution in [0.3, 0.4) is 0 Å². The van der Waals surface area contributed by atoms with Gasteiger partial charge in [0.2, 0.25) is 0 Å². The molecular weight excluding hydrogens is 362 g/mol. The van der Waals surface area contributed by atoms with Crippen LogP contribution in [0, 0.1) is 0 Å². The van der Waals surface area contributed by atoms with Crippen molar-refractivity contribution in [3.05, 3.63) is 54.1 Å². The molecule has 0 aromatic heterocycles. The molecule has 7 nitrogen and oxygen atoms in total. The van der Waals surface area contributed by atoms with Gasteiger partial charge in [-0.05, 0) is 41.8 Å². The molecule has 148 valence electrons. The predicted molar refractivity (Wildman–Crippen MR) is 103 cm³/mol. The Bertz CT molecular complexity index is 799. The molecule has 2 aromatic carbocycles. The highest BCUT2D eigenvalue weighted by atomic mass is 16.5. The van der Waals surface area contributed by atoms with Gasteiger partial charge in [-0.2, -0.15) is 0 Å². The van der Waals surface area contributed by atoms with E-state index in [1.807, 2.05) is 12.1 Å². The number of hydrogen-bond donors (Lipinski definition) is 1. The van der Waals surface area contributed by atoms with Crippen molar-refractivity contribution < 1.29 is 28.6 Å². The maximum Gasteiger partial charge on any atom is 0.338 e. The first kappa shape index (κ1) is 21.1. The van der Waals surface area contributed by atoms with Crippen LogP contribution < -0.4 is 10.1 Å². The summed E-state index contributed by atoms with van der Waals surface area (Å²) in [7, 11) is 1.59. The Morgan fingerprint density at radius 3 is 2.11 bits per heavy atom. The molecule has 0 saturated heterocycles. The summed E-state index contributed by atoms with van der Waals surface area (Å²) in [6.07, 6.45) is 0.694. The largest absolute Gasteiger partial charge is 0.452 e. The van der Waals surface area contributed by atoms with E-state index >= 15 is 0 Å². The fourth-order valence-electron chi connectivity index (χ4n) is 2.39. The molecule has 0 aliphatic rings. The monoisotopic (exact) mass is 385 g/mol. The number of hydrogen-bond acceptors (Lipinski definition) is 6. The fourth-order valence-corrected chi connectivity index (χ4v) is 2.39. The second-order valence-electron chi connectivity index (χ2n) is 5.97. The van der Waals surface area contributed by atoms with Crippen LogP contribution in [-0.2, 0) is 19.1 Å². The van der Waals surface area contributed by atoms with Crippen molar-refractivity contribution in [2.24, 2.45) is 0 Å². The number of carbonyl (C=O) groups excluding carboxylic acids is 3. The quantitative estimate of drug-likeness (QED) is 0.405. The first-order valence-corrected chi connectivity index (χ1v) is 8.81. The molecule has 0 atom stereocenters. The number of ether oxygens (including phenoxy) is 3. The number of rotatable bonds is 9. The molecule has 1 amide bonds. The van der Waals surface area contributed by atoms with E-state index < -0.39 is 5.97 Å². The third-order valence-electron chi connectivity index (χ3n) is 3.75. The molecule has 0 aliphatic carbocycles. The number of esters is 2. The zero-order valence-corrected chi connectivity index (χ0v) is 15.9. The summed E-state index contributed by atoms with van der Waals surface area (Å²) in [6, 6.07) is 13.9. The molecule has 0 heterocycles. The van der Waals surface area contributed by atoms with E-state index in [4.69, 9.17) is 14.2 Å². The minimum atomic E-state index is -0.566. The minimum Gasteiger partial charge on any atom is -0.452 e. The van der Waals surface area contributed by atoms with Crippen molar-refractivity contribution >= 4 is 17.8 Å². The lowest BCUT2D eigenvalue weighted by Gasteiger charge is -2.08. The molecule has 2 rings (SSSR count). The summed E-state index contributed by atoms with van der Waals surface area (Å²) in [6.45, 7) is 2.04. The van der Waals surface area contributed by atoms with Gasteiger partial charge in [-0.25, -0.2) is 4.79 Å². The van der Waals surface area contributed by atoms with Crippen molar-refractivity contribution in [1.82, 2.24) is 5.32 Å². The Labute approximate surface area is 163 Å². The second kappa shape index (κ2) is 10.8. The van der Waals surface area contributed by atoms with Gasteiger partial charge in [-0.1, -0.05) is 24.3 Å². The summed E-state index contributed by atoms with van der Waals surface area (Å²) in [5.74, 6) is -0.825. The molecule has 0 aliphatic heterocycles. The molecule has 2 aromatic rings. The van der Waals surface area contributed by atoms with E-state index in [0.29, 0.717) is 30.9 Å². The van der Waals surface area contributed by atoms with Gasteiger partial charge in [0.15, 0.2) is 6.61 Å². The molecule has 0 saturated carbocycles. The van der Waals surface area contributed by atoms with E-state index in [2.05, 4.69) is 5.32 Å². The molecule has 0 radical (unpaired) electrons. The molecular formula is C21H23NO6. The van der Waals surface area contributed by atoms with E-state index in [-0.39, 0.29) is 18.5 Å². The van der Waals surface area contributed by atoms with Crippen LogP contribution in [0.4, 0.5) is 0 Å². The van der Waals surface area contributed by atoms with Crippen molar-refractivity contribution in [3.8, 4) is 16.9 Å². The number of amides is 1. The zero-order chi connectivity index (χ0) is 20.4. The third-order valence-corrected chi connectivity index (χ3v) is 3.75. The maximum atomic E-state index is 12.0. The van der Waals surface area contributed by atoms with Crippen LogP contribution in [0.2, 0.25) is 0 Å². The minimum absolute atomic E-state index is 0.328. The van der Waals surface area contributed by atoms with Gasteiger partial charge < -0.3 is 19.5 Å². The summed E-state index contributed by atoms with van der Waals surface area (Å²) in [4.78, 5) is 34.6. The number of methoxy groups -OCH3 is 1. The summed E-state index contributed by atoms with van der Waals surface area (Å²) in [5, 5.41) is 2.64. The van der Waals surface area contributed by atoms with Gasteiger partial charge in [0, 0.05) is 27.2 Å². The Kier molecular flexibility index (Phi) is 8.17. The van der Waals surface area contributed by atoms with Crippen LogP contribution in [0.1, 0.15) is 23.7 Å². The summed E-state index contributed by atoms with van der Waals surface area (Å²) >= 11 is 0. The van der Waals surface area contributed by atoms with Crippen molar-refractivity contribution in [1.29, 1.82) is 0 Å². The first-order valence-electron chi connectivity index (χ1n) is 8.81. The smallest absolute Gasteiger partial charge is 0.338 e. The maximum absolute atomic E-state index is 12.0. The number of benzene rings is 2. The van der Waals surface area contributed by atoms with E-state index in [1.165, 1.54) is 6.92 Å². The Morgan fingerprint density at radius 1 is 0.929 bits per heavy atom. The molecule has 0 spiro atoms. The van der Waals surface area contributed by atoms with Crippen LogP contribution >= 0.6 is 0 Å². The summed E-state index contributed by atoms with van der Waals surface area (Å²) < 4.78 is 14.9. The SMILES string of the molecule is COCCCNC(=O)COC(=O)c1ccc(-c2ccc(OC(C)=O)cc2)cc1. The highest BCUT2D eigenvalue weighted by Gasteiger charge is 2.10. The molecule has 0 bridgehead atoms. The van der Waals surface area contributed by atoms with E-state index in [9.17, 15) is 14.4 Å².